The molecule has 2 aliphatic carbocycles. The van der Waals surface area contributed by atoms with E-state index in [4.69, 9.17) is 0 Å². The summed E-state index contributed by atoms with van der Waals surface area (Å²) in [6, 6.07) is 10.2. The molecule has 4 atom stereocenters. The van der Waals surface area contributed by atoms with Crippen molar-refractivity contribution in [3.63, 3.8) is 0 Å². The number of benzene rings is 1. The van der Waals surface area contributed by atoms with Crippen LogP contribution in [0.2, 0.25) is 0 Å². The molecule has 2 aliphatic rings. The summed E-state index contributed by atoms with van der Waals surface area (Å²) in [5.41, 5.74) is -0.539. The van der Waals surface area contributed by atoms with E-state index in [2.05, 4.69) is 80.5 Å². The zero-order valence-corrected chi connectivity index (χ0v) is 18.5. The molecule has 3 rings (SSSR count). The molecule has 0 radical (unpaired) electrons. The first-order chi connectivity index (χ1) is 12.1. The van der Waals surface area contributed by atoms with Gasteiger partial charge >= 0.3 is 0 Å². The smallest absolute Gasteiger partial charge is 0.149 e. The summed E-state index contributed by atoms with van der Waals surface area (Å²) in [6.07, 6.45) is 2.17. The molecule has 27 heavy (non-hydrogen) atoms. The lowest BCUT2D eigenvalue weighted by molar-refractivity contribution is -0.156. The van der Waals surface area contributed by atoms with Gasteiger partial charge < -0.3 is 5.11 Å². The average molecular weight is 369 g/mol. The Hall–Kier alpha value is -1.41. The van der Waals surface area contributed by atoms with Crippen molar-refractivity contribution in [3.05, 3.63) is 41.5 Å². The van der Waals surface area contributed by atoms with E-state index in [-0.39, 0.29) is 28.4 Å². The minimum atomic E-state index is -1.07. The third-order valence-electron chi connectivity index (χ3n) is 7.63. The zero-order valence-electron chi connectivity index (χ0n) is 18.5. The van der Waals surface area contributed by atoms with Crippen molar-refractivity contribution in [2.45, 2.75) is 67.9 Å². The molecule has 2 fully saturated rings. The molecule has 4 unspecified atom stereocenters. The summed E-state index contributed by atoms with van der Waals surface area (Å²) in [4.78, 5) is 13.8. The molecule has 0 heterocycles. The van der Waals surface area contributed by atoms with E-state index in [1.165, 1.54) is 0 Å². The summed E-state index contributed by atoms with van der Waals surface area (Å²) >= 11 is 0. The molecule has 0 aliphatic heterocycles. The molecule has 148 valence electrons. The Morgan fingerprint density at radius 1 is 0.889 bits per heavy atom. The van der Waals surface area contributed by atoms with Crippen LogP contribution in [0.4, 0.5) is 0 Å². The van der Waals surface area contributed by atoms with Crippen molar-refractivity contribution in [1.29, 1.82) is 0 Å². The Labute approximate surface area is 165 Å². The molecular weight excluding hydrogens is 332 g/mol. The van der Waals surface area contributed by atoms with Crippen molar-refractivity contribution in [1.82, 2.24) is 0 Å². The van der Waals surface area contributed by atoms with Gasteiger partial charge in [0.25, 0.3) is 0 Å². The standard InChI is InChI=1S/C25H36O2/c1-21(2,3)18-17(15-16-13-11-10-12-14-16)24(9)20(26)19(22(4,5)6)25(18,27)23(24,7)8/h10-15,18-19,27H,1-9H3. The van der Waals surface area contributed by atoms with E-state index < -0.39 is 16.4 Å². The van der Waals surface area contributed by atoms with Gasteiger partial charge in [0.2, 0.25) is 0 Å². The maximum atomic E-state index is 13.8. The first-order valence-corrected chi connectivity index (χ1v) is 10.1. The van der Waals surface area contributed by atoms with E-state index >= 15 is 0 Å². The van der Waals surface area contributed by atoms with Gasteiger partial charge in [0, 0.05) is 11.3 Å². The Kier molecular flexibility index (Phi) is 4.19. The first-order valence-electron chi connectivity index (χ1n) is 10.1. The lowest BCUT2D eigenvalue weighted by Crippen LogP contribution is -2.57. The van der Waals surface area contributed by atoms with Gasteiger partial charge in [-0.15, -0.1) is 0 Å². The Balaban J connectivity index is 2.36. The van der Waals surface area contributed by atoms with Gasteiger partial charge in [-0.25, -0.2) is 0 Å². The van der Waals surface area contributed by atoms with E-state index in [1.54, 1.807) is 0 Å². The largest absolute Gasteiger partial charge is 0.388 e. The summed E-state index contributed by atoms with van der Waals surface area (Å²) in [5.74, 6) is -0.250. The van der Waals surface area contributed by atoms with Gasteiger partial charge in [-0.05, 0) is 28.9 Å². The van der Waals surface area contributed by atoms with Gasteiger partial charge in [-0.1, -0.05) is 91.8 Å². The number of fused-ring (bicyclic) bond motifs is 2. The number of carbonyl (C=O) groups excluding carboxylic acids is 1. The summed E-state index contributed by atoms with van der Waals surface area (Å²) in [7, 11) is 0. The maximum Gasteiger partial charge on any atom is 0.149 e. The Morgan fingerprint density at radius 3 is 1.81 bits per heavy atom. The van der Waals surface area contributed by atoms with Crippen molar-refractivity contribution in [2.24, 2.45) is 33.5 Å². The van der Waals surface area contributed by atoms with Crippen LogP contribution in [0.25, 0.3) is 6.08 Å². The van der Waals surface area contributed by atoms with Gasteiger partial charge in [-0.3, -0.25) is 4.79 Å². The van der Waals surface area contributed by atoms with Crippen molar-refractivity contribution >= 4 is 11.9 Å². The number of Topliss-reactive ketones (excluding diaryl/α,β-unsaturated/α-hetero) is 1. The zero-order chi connectivity index (χ0) is 20.6. The fraction of sp³-hybridized carbons (Fsp3) is 0.640. The van der Waals surface area contributed by atoms with E-state index in [0.717, 1.165) is 11.1 Å². The van der Waals surface area contributed by atoms with Gasteiger partial charge in [0.05, 0.1) is 16.9 Å². The third-order valence-corrected chi connectivity index (χ3v) is 7.63. The maximum absolute atomic E-state index is 13.8. The number of hydrogen-bond donors (Lipinski definition) is 1. The highest BCUT2D eigenvalue weighted by Gasteiger charge is 2.82. The number of hydrogen-bond acceptors (Lipinski definition) is 2. The van der Waals surface area contributed by atoms with Crippen LogP contribution >= 0.6 is 0 Å². The molecule has 2 heteroatoms. The number of rotatable bonds is 1. The summed E-state index contributed by atoms with van der Waals surface area (Å²) in [6.45, 7) is 19.1. The lowest BCUT2D eigenvalue weighted by Gasteiger charge is -2.51. The number of carbonyl (C=O) groups is 1. The topological polar surface area (TPSA) is 37.3 Å². The van der Waals surface area contributed by atoms with Crippen molar-refractivity contribution < 1.29 is 9.90 Å². The SMILES string of the molecule is CC(C)(C)C1C(=O)C2(C)C(=Cc3ccccc3)C(C(C)(C)C)C1(O)C2(C)C. The monoisotopic (exact) mass is 368 g/mol. The van der Waals surface area contributed by atoms with Gasteiger partial charge in [-0.2, -0.15) is 0 Å². The predicted molar refractivity (Wildman–Crippen MR) is 112 cm³/mol. The molecule has 2 saturated carbocycles. The second kappa shape index (κ2) is 5.56. The highest BCUT2D eigenvalue weighted by Crippen LogP contribution is 2.77. The lowest BCUT2D eigenvalue weighted by atomic mass is 9.55. The molecular formula is C25H36O2. The Morgan fingerprint density at radius 2 is 1.37 bits per heavy atom. The molecule has 0 aromatic heterocycles. The quantitative estimate of drug-likeness (QED) is 0.685. The van der Waals surface area contributed by atoms with Crippen LogP contribution in [0.15, 0.2) is 35.9 Å². The molecule has 0 amide bonds. The Bertz CT molecular complexity index is 788. The van der Waals surface area contributed by atoms with E-state index in [0.29, 0.717) is 0 Å². The normalized spacial score (nSPS) is 37.3. The average Bonchev–Trinajstić information content (AvgIpc) is 2.70. The van der Waals surface area contributed by atoms with E-state index in [9.17, 15) is 9.90 Å². The van der Waals surface area contributed by atoms with Crippen LogP contribution in [-0.2, 0) is 4.79 Å². The number of aliphatic hydroxyl groups is 1. The highest BCUT2D eigenvalue weighted by molar-refractivity contribution is 5.99. The summed E-state index contributed by atoms with van der Waals surface area (Å²) < 4.78 is 0. The van der Waals surface area contributed by atoms with Crippen molar-refractivity contribution in [3.8, 4) is 0 Å². The van der Waals surface area contributed by atoms with Crippen LogP contribution in [-0.4, -0.2) is 16.5 Å². The predicted octanol–water partition coefficient (Wildman–Crippen LogP) is 5.75. The molecule has 1 aromatic rings. The van der Waals surface area contributed by atoms with Gasteiger partial charge in [0.15, 0.2) is 0 Å². The summed E-state index contributed by atoms with van der Waals surface area (Å²) in [5, 5.41) is 12.4. The third kappa shape index (κ3) is 2.38. The first kappa shape index (κ1) is 20.3. The molecule has 2 nitrogen and oxygen atoms in total. The minimum Gasteiger partial charge on any atom is -0.388 e. The van der Waals surface area contributed by atoms with Crippen LogP contribution in [0.5, 0.6) is 0 Å². The fourth-order valence-electron chi connectivity index (χ4n) is 6.25. The molecule has 2 bridgehead atoms. The second-order valence-electron chi connectivity index (χ2n) is 11.5. The second-order valence-corrected chi connectivity index (χ2v) is 11.5. The molecule has 0 saturated heterocycles. The van der Waals surface area contributed by atoms with Crippen LogP contribution in [0.3, 0.4) is 0 Å². The highest BCUT2D eigenvalue weighted by atomic mass is 16.3. The molecule has 0 spiro atoms. The molecule has 1 N–H and O–H groups in total. The number of ketones is 1. The van der Waals surface area contributed by atoms with Crippen LogP contribution in [0, 0.1) is 33.5 Å². The van der Waals surface area contributed by atoms with E-state index in [1.807, 2.05) is 18.2 Å². The van der Waals surface area contributed by atoms with Crippen molar-refractivity contribution in [2.75, 3.05) is 0 Å². The molecule has 1 aromatic carbocycles. The van der Waals surface area contributed by atoms with Crippen LogP contribution in [0.1, 0.15) is 67.9 Å². The minimum absolute atomic E-state index is 0.0767. The van der Waals surface area contributed by atoms with Crippen LogP contribution < -0.4 is 0 Å². The van der Waals surface area contributed by atoms with Gasteiger partial charge in [0.1, 0.15) is 5.78 Å². The fourth-order valence-corrected chi connectivity index (χ4v) is 6.25.